The predicted molar refractivity (Wildman–Crippen MR) is 64.3 cm³/mol. The minimum atomic E-state index is 0.168. The van der Waals surface area contributed by atoms with Crippen molar-refractivity contribution in [3.05, 3.63) is 0 Å². The van der Waals surface area contributed by atoms with E-state index in [1.807, 2.05) is 11.8 Å². The molecule has 2 aliphatic heterocycles. The van der Waals surface area contributed by atoms with Crippen LogP contribution >= 0.6 is 11.8 Å². The van der Waals surface area contributed by atoms with E-state index in [4.69, 9.17) is 0 Å². The molecule has 2 fully saturated rings. The second-order valence-corrected chi connectivity index (χ2v) is 5.49. The summed E-state index contributed by atoms with van der Waals surface area (Å²) in [5.41, 5.74) is 0. The molecule has 2 saturated heterocycles. The smallest absolute Gasteiger partial charge is 0.318 e. The van der Waals surface area contributed by atoms with Crippen LogP contribution in [0.5, 0.6) is 0 Å². The molecule has 0 unspecified atom stereocenters. The number of hydrogen-bond acceptors (Lipinski definition) is 2. The van der Waals surface area contributed by atoms with Crippen LogP contribution in [0.1, 0.15) is 32.6 Å². The van der Waals surface area contributed by atoms with E-state index < -0.39 is 0 Å². The first-order valence-corrected chi connectivity index (χ1v) is 7.13. The fourth-order valence-electron chi connectivity index (χ4n) is 2.36. The summed E-state index contributed by atoms with van der Waals surface area (Å²) >= 11 is 1.96. The summed E-state index contributed by atoms with van der Waals surface area (Å²) in [6.45, 7) is 3.17. The zero-order chi connectivity index (χ0) is 10.7. The van der Waals surface area contributed by atoms with Crippen molar-refractivity contribution >= 4 is 17.8 Å². The normalized spacial score (nSPS) is 29.4. The maximum Gasteiger partial charge on any atom is 0.318 e. The Morgan fingerprint density at radius 3 is 3.07 bits per heavy atom. The number of hydrogen-bond donors (Lipinski definition) is 1. The van der Waals surface area contributed by atoms with Crippen molar-refractivity contribution in [2.75, 3.05) is 18.1 Å². The van der Waals surface area contributed by atoms with E-state index in [-0.39, 0.29) is 6.03 Å². The number of nitrogens with one attached hydrogen (secondary N) is 1. The maximum atomic E-state index is 11.7. The Labute approximate surface area is 96.0 Å². The standard InChI is InChI=1S/C11H20N2OS/c1-2-3-4-5-6-13-10-8-15-7-9(10)12-11(13)14/h9-10H,2-8H2,1H3,(H,12,14)/t9-,10+/m0/s1. The van der Waals surface area contributed by atoms with Crippen LogP contribution in [0, 0.1) is 0 Å². The van der Waals surface area contributed by atoms with Crippen molar-refractivity contribution in [1.29, 1.82) is 0 Å². The highest BCUT2D eigenvalue weighted by atomic mass is 32.2. The molecule has 2 heterocycles. The van der Waals surface area contributed by atoms with Crippen LogP contribution < -0.4 is 5.32 Å². The zero-order valence-corrected chi connectivity index (χ0v) is 10.2. The lowest BCUT2D eigenvalue weighted by molar-refractivity contribution is 0.205. The molecule has 0 aromatic rings. The Morgan fingerprint density at radius 2 is 2.27 bits per heavy atom. The van der Waals surface area contributed by atoms with Gasteiger partial charge in [0.1, 0.15) is 0 Å². The van der Waals surface area contributed by atoms with Gasteiger partial charge in [-0.1, -0.05) is 26.2 Å². The maximum absolute atomic E-state index is 11.7. The van der Waals surface area contributed by atoms with Gasteiger partial charge in [0.05, 0.1) is 12.1 Å². The molecule has 86 valence electrons. The van der Waals surface area contributed by atoms with Crippen LogP contribution in [-0.2, 0) is 0 Å². The molecule has 0 saturated carbocycles. The molecule has 0 aromatic carbocycles. The molecule has 2 atom stereocenters. The largest absolute Gasteiger partial charge is 0.332 e. The third-order valence-electron chi connectivity index (χ3n) is 3.27. The van der Waals surface area contributed by atoms with E-state index in [0.717, 1.165) is 24.5 Å². The van der Waals surface area contributed by atoms with E-state index in [0.29, 0.717) is 12.1 Å². The average molecular weight is 228 g/mol. The summed E-state index contributed by atoms with van der Waals surface area (Å²) in [6.07, 6.45) is 4.96. The molecule has 0 radical (unpaired) electrons. The van der Waals surface area contributed by atoms with Gasteiger partial charge in [-0.2, -0.15) is 11.8 Å². The summed E-state index contributed by atoms with van der Waals surface area (Å²) in [6, 6.07) is 1.07. The van der Waals surface area contributed by atoms with Gasteiger partial charge in [0, 0.05) is 18.1 Å². The fourth-order valence-corrected chi connectivity index (χ4v) is 3.71. The number of carbonyl (C=O) groups is 1. The van der Waals surface area contributed by atoms with E-state index in [1.165, 1.54) is 19.3 Å². The molecular weight excluding hydrogens is 208 g/mol. The van der Waals surface area contributed by atoms with Gasteiger partial charge in [0.15, 0.2) is 0 Å². The first kappa shape index (κ1) is 11.1. The number of fused-ring (bicyclic) bond motifs is 1. The molecule has 4 heteroatoms. The van der Waals surface area contributed by atoms with Gasteiger partial charge >= 0.3 is 6.03 Å². The molecule has 0 spiro atoms. The molecular formula is C11H20N2OS. The number of unbranched alkanes of at least 4 members (excludes halogenated alkanes) is 3. The predicted octanol–water partition coefficient (Wildman–Crippen LogP) is 2.08. The number of carbonyl (C=O) groups excluding carboxylic acids is 1. The van der Waals surface area contributed by atoms with Gasteiger partial charge in [0.25, 0.3) is 0 Å². The number of rotatable bonds is 5. The number of thioether (sulfide) groups is 1. The van der Waals surface area contributed by atoms with Crippen LogP contribution in [0.25, 0.3) is 0 Å². The first-order valence-electron chi connectivity index (χ1n) is 5.98. The van der Waals surface area contributed by atoms with Gasteiger partial charge in [-0.3, -0.25) is 0 Å². The summed E-state index contributed by atoms with van der Waals surface area (Å²) < 4.78 is 0. The first-order chi connectivity index (χ1) is 7.33. The van der Waals surface area contributed by atoms with Crippen molar-refractivity contribution in [3.8, 4) is 0 Å². The summed E-state index contributed by atoms with van der Waals surface area (Å²) in [5.74, 6) is 2.22. The fraction of sp³-hybridized carbons (Fsp3) is 0.909. The molecule has 15 heavy (non-hydrogen) atoms. The Hall–Kier alpha value is -0.380. The number of amides is 2. The lowest BCUT2D eigenvalue weighted by atomic mass is 10.1. The molecule has 2 amide bonds. The van der Waals surface area contributed by atoms with Crippen LogP contribution in [0.4, 0.5) is 4.79 Å². The van der Waals surface area contributed by atoms with Crippen molar-refractivity contribution in [2.24, 2.45) is 0 Å². The second kappa shape index (κ2) is 5.10. The van der Waals surface area contributed by atoms with E-state index in [9.17, 15) is 4.79 Å². The van der Waals surface area contributed by atoms with Gasteiger partial charge in [-0.25, -0.2) is 4.79 Å². The summed E-state index contributed by atoms with van der Waals surface area (Å²) in [4.78, 5) is 13.7. The minimum Gasteiger partial charge on any atom is -0.332 e. The Morgan fingerprint density at radius 1 is 1.40 bits per heavy atom. The highest BCUT2D eigenvalue weighted by Gasteiger charge is 2.41. The van der Waals surface area contributed by atoms with E-state index in [2.05, 4.69) is 17.1 Å². The quantitative estimate of drug-likeness (QED) is 0.577. The molecule has 2 rings (SSSR count). The van der Waals surface area contributed by atoms with Gasteiger partial charge in [-0.15, -0.1) is 0 Å². The van der Waals surface area contributed by atoms with Crippen molar-refractivity contribution in [1.82, 2.24) is 10.2 Å². The third-order valence-corrected chi connectivity index (χ3v) is 4.45. The molecule has 0 aromatic heterocycles. The van der Waals surface area contributed by atoms with Crippen molar-refractivity contribution in [2.45, 2.75) is 44.7 Å². The topological polar surface area (TPSA) is 32.3 Å². The van der Waals surface area contributed by atoms with Crippen LogP contribution in [0.15, 0.2) is 0 Å². The van der Waals surface area contributed by atoms with Gasteiger partial charge < -0.3 is 10.2 Å². The van der Waals surface area contributed by atoms with E-state index in [1.54, 1.807) is 0 Å². The number of urea groups is 1. The SMILES string of the molecule is CCCCCCN1C(=O)N[C@H]2CSC[C@H]21. The molecule has 2 aliphatic rings. The Balaban J connectivity index is 1.77. The van der Waals surface area contributed by atoms with Crippen molar-refractivity contribution < 1.29 is 4.79 Å². The Bertz CT molecular complexity index is 235. The Kier molecular flexibility index (Phi) is 3.78. The van der Waals surface area contributed by atoms with Crippen LogP contribution in [-0.4, -0.2) is 41.1 Å². The highest BCUT2D eigenvalue weighted by molar-refractivity contribution is 7.99. The summed E-state index contributed by atoms with van der Waals surface area (Å²) in [7, 11) is 0. The lowest BCUT2D eigenvalue weighted by Gasteiger charge is -2.21. The molecule has 0 aliphatic carbocycles. The second-order valence-electron chi connectivity index (χ2n) is 4.41. The zero-order valence-electron chi connectivity index (χ0n) is 9.37. The third kappa shape index (κ3) is 2.41. The molecule has 0 bridgehead atoms. The molecule has 3 nitrogen and oxygen atoms in total. The summed E-state index contributed by atoms with van der Waals surface area (Å²) in [5, 5.41) is 3.07. The van der Waals surface area contributed by atoms with Crippen molar-refractivity contribution in [3.63, 3.8) is 0 Å². The molecule has 1 N–H and O–H groups in total. The average Bonchev–Trinajstić information content (AvgIpc) is 2.75. The van der Waals surface area contributed by atoms with E-state index >= 15 is 0 Å². The van der Waals surface area contributed by atoms with Crippen LogP contribution in [0.2, 0.25) is 0 Å². The number of nitrogens with zero attached hydrogens (tertiary/aromatic N) is 1. The van der Waals surface area contributed by atoms with Crippen LogP contribution in [0.3, 0.4) is 0 Å². The van der Waals surface area contributed by atoms with Gasteiger partial charge in [0.2, 0.25) is 0 Å². The monoisotopic (exact) mass is 228 g/mol. The lowest BCUT2D eigenvalue weighted by Crippen LogP contribution is -2.36. The van der Waals surface area contributed by atoms with Gasteiger partial charge in [-0.05, 0) is 6.42 Å². The highest BCUT2D eigenvalue weighted by Crippen LogP contribution is 2.27. The minimum absolute atomic E-state index is 0.168.